The molecule has 0 aromatic rings. The van der Waals surface area contributed by atoms with Gasteiger partial charge in [-0.15, -0.1) is 0 Å². The van der Waals surface area contributed by atoms with Gasteiger partial charge in [-0.05, 0) is 37.7 Å². The van der Waals surface area contributed by atoms with Gasteiger partial charge in [0.05, 0.1) is 0 Å². The normalized spacial score (nSPS) is 25.6. The Morgan fingerprint density at radius 1 is 1.55 bits per heavy atom. The summed E-state index contributed by atoms with van der Waals surface area (Å²) in [5.41, 5.74) is 1.05. The van der Waals surface area contributed by atoms with Gasteiger partial charge in [-0.2, -0.15) is 0 Å². The molecule has 0 aliphatic heterocycles. The number of rotatable bonds is 1. The van der Waals surface area contributed by atoms with Crippen LogP contribution in [-0.4, -0.2) is 5.78 Å². The quantitative estimate of drug-likeness (QED) is 0.564. The van der Waals surface area contributed by atoms with Crippen LogP contribution in [0.3, 0.4) is 0 Å². The van der Waals surface area contributed by atoms with Crippen LogP contribution in [0.15, 0.2) is 11.6 Å². The van der Waals surface area contributed by atoms with E-state index in [2.05, 4.69) is 13.0 Å². The molecule has 0 bridgehead atoms. The third-order valence-corrected chi connectivity index (χ3v) is 2.29. The lowest BCUT2D eigenvalue weighted by Gasteiger charge is -2.01. The standard InChI is InChI=1S/C10H16O/c1-8-5-3-4-6-10(7-8)9(2)11/h7-8H,3-6H2,1-2H3. The van der Waals surface area contributed by atoms with E-state index >= 15 is 0 Å². The summed E-state index contributed by atoms with van der Waals surface area (Å²) in [6, 6.07) is 0. The molecule has 1 rings (SSSR count). The van der Waals surface area contributed by atoms with Crippen molar-refractivity contribution in [3.63, 3.8) is 0 Å². The lowest BCUT2D eigenvalue weighted by molar-refractivity contribution is -0.113. The Bertz CT molecular complexity index is 179. The highest BCUT2D eigenvalue weighted by Crippen LogP contribution is 2.21. The molecule has 1 atom stereocenters. The summed E-state index contributed by atoms with van der Waals surface area (Å²) in [5.74, 6) is 0.871. The Morgan fingerprint density at radius 2 is 2.27 bits per heavy atom. The van der Waals surface area contributed by atoms with Gasteiger partial charge in [0.15, 0.2) is 5.78 Å². The second-order valence-electron chi connectivity index (χ2n) is 3.47. The minimum atomic E-state index is 0.263. The molecular formula is C10H16O. The molecule has 0 amide bonds. The van der Waals surface area contributed by atoms with Crippen molar-refractivity contribution in [2.24, 2.45) is 5.92 Å². The summed E-state index contributed by atoms with van der Waals surface area (Å²) in [6.07, 6.45) is 6.86. The topological polar surface area (TPSA) is 17.1 Å². The van der Waals surface area contributed by atoms with Crippen molar-refractivity contribution in [3.05, 3.63) is 11.6 Å². The maximum atomic E-state index is 11.0. The number of carbonyl (C=O) groups excluding carboxylic acids is 1. The molecule has 62 valence electrons. The first-order chi connectivity index (χ1) is 5.20. The third-order valence-electron chi connectivity index (χ3n) is 2.29. The molecule has 11 heavy (non-hydrogen) atoms. The molecule has 1 heteroatoms. The van der Waals surface area contributed by atoms with Crippen molar-refractivity contribution in [3.8, 4) is 0 Å². The zero-order chi connectivity index (χ0) is 8.27. The molecule has 0 aromatic carbocycles. The van der Waals surface area contributed by atoms with Gasteiger partial charge >= 0.3 is 0 Å². The first kappa shape index (κ1) is 8.51. The van der Waals surface area contributed by atoms with E-state index in [0.29, 0.717) is 5.92 Å². The summed E-state index contributed by atoms with van der Waals surface area (Å²) in [5, 5.41) is 0. The fourth-order valence-corrected chi connectivity index (χ4v) is 1.59. The van der Waals surface area contributed by atoms with E-state index in [1.807, 2.05) is 0 Å². The van der Waals surface area contributed by atoms with Crippen LogP contribution in [0.2, 0.25) is 0 Å². The Kier molecular flexibility index (Phi) is 2.86. The average Bonchev–Trinajstić information content (AvgIpc) is 2.13. The van der Waals surface area contributed by atoms with Crippen molar-refractivity contribution < 1.29 is 4.79 Å². The Morgan fingerprint density at radius 3 is 2.91 bits per heavy atom. The predicted octanol–water partition coefficient (Wildman–Crippen LogP) is 2.71. The Labute approximate surface area is 68.5 Å². The summed E-state index contributed by atoms with van der Waals surface area (Å²) < 4.78 is 0. The largest absolute Gasteiger partial charge is 0.295 e. The van der Waals surface area contributed by atoms with Crippen molar-refractivity contribution in [1.82, 2.24) is 0 Å². The first-order valence-corrected chi connectivity index (χ1v) is 4.42. The highest BCUT2D eigenvalue weighted by Gasteiger charge is 2.10. The maximum Gasteiger partial charge on any atom is 0.155 e. The smallest absolute Gasteiger partial charge is 0.155 e. The van der Waals surface area contributed by atoms with Gasteiger partial charge in [0.25, 0.3) is 0 Å². The molecule has 1 nitrogen and oxygen atoms in total. The van der Waals surface area contributed by atoms with Gasteiger partial charge in [-0.1, -0.05) is 19.4 Å². The highest BCUT2D eigenvalue weighted by molar-refractivity contribution is 5.93. The molecule has 1 aliphatic carbocycles. The molecule has 1 unspecified atom stereocenters. The van der Waals surface area contributed by atoms with E-state index in [9.17, 15) is 4.79 Å². The van der Waals surface area contributed by atoms with Gasteiger partial charge < -0.3 is 0 Å². The second kappa shape index (κ2) is 3.70. The van der Waals surface area contributed by atoms with Crippen LogP contribution in [0.1, 0.15) is 39.5 Å². The third kappa shape index (κ3) is 2.49. The van der Waals surface area contributed by atoms with Gasteiger partial charge in [0.2, 0.25) is 0 Å². The van der Waals surface area contributed by atoms with Crippen LogP contribution in [0.5, 0.6) is 0 Å². The molecule has 1 aliphatic rings. The van der Waals surface area contributed by atoms with Crippen LogP contribution in [0.25, 0.3) is 0 Å². The minimum Gasteiger partial charge on any atom is -0.295 e. The minimum absolute atomic E-state index is 0.263. The monoisotopic (exact) mass is 152 g/mol. The molecule has 0 saturated carbocycles. The number of allylic oxidation sites excluding steroid dienone is 2. The zero-order valence-electron chi connectivity index (χ0n) is 7.39. The van der Waals surface area contributed by atoms with E-state index < -0.39 is 0 Å². The summed E-state index contributed by atoms with van der Waals surface area (Å²) in [6.45, 7) is 3.86. The number of Topliss-reactive ketones (excluding diaryl/α,β-unsaturated/α-hetero) is 1. The molecule has 0 spiro atoms. The van der Waals surface area contributed by atoms with Gasteiger partial charge in [0.1, 0.15) is 0 Å². The number of carbonyl (C=O) groups is 1. The zero-order valence-corrected chi connectivity index (χ0v) is 7.39. The van der Waals surface area contributed by atoms with Gasteiger partial charge in [-0.25, -0.2) is 0 Å². The van der Waals surface area contributed by atoms with Gasteiger partial charge in [0, 0.05) is 0 Å². The van der Waals surface area contributed by atoms with Crippen molar-refractivity contribution in [2.45, 2.75) is 39.5 Å². The van der Waals surface area contributed by atoms with Crippen LogP contribution in [0, 0.1) is 5.92 Å². The van der Waals surface area contributed by atoms with Crippen molar-refractivity contribution >= 4 is 5.78 Å². The molecule has 0 saturated heterocycles. The average molecular weight is 152 g/mol. The van der Waals surface area contributed by atoms with E-state index in [1.54, 1.807) is 6.92 Å². The van der Waals surface area contributed by atoms with Crippen LogP contribution in [-0.2, 0) is 4.79 Å². The van der Waals surface area contributed by atoms with Crippen LogP contribution in [0.4, 0.5) is 0 Å². The number of hydrogen-bond acceptors (Lipinski definition) is 1. The van der Waals surface area contributed by atoms with E-state index in [1.165, 1.54) is 19.3 Å². The first-order valence-electron chi connectivity index (χ1n) is 4.42. The highest BCUT2D eigenvalue weighted by atomic mass is 16.1. The fraction of sp³-hybridized carbons (Fsp3) is 0.700. The van der Waals surface area contributed by atoms with Gasteiger partial charge in [-0.3, -0.25) is 4.79 Å². The number of hydrogen-bond donors (Lipinski definition) is 0. The molecule has 0 aromatic heterocycles. The van der Waals surface area contributed by atoms with E-state index in [4.69, 9.17) is 0 Å². The molecule has 0 fully saturated rings. The Balaban J connectivity index is 2.66. The lowest BCUT2D eigenvalue weighted by atomic mass is 10.0. The molecular weight excluding hydrogens is 136 g/mol. The van der Waals surface area contributed by atoms with Crippen LogP contribution < -0.4 is 0 Å². The fourth-order valence-electron chi connectivity index (χ4n) is 1.59. The summed E-state index contributed by atoms with van der Waals surface area (Å²) in [7, 11) is 0. The van der Waals surface area contributed by atoms with Crippen molar-refractivity contribution in [2.75, 3.05) is 0 Å². The lowest BCUT2D eigenvalue weighted by Crippen LogP contribution is -1.96. The van der Waals surface area contributed by atoms with E-state index in [0.717, 1.165) is 12.0 Å². The predicted molar refractivity (Wildman–Crippen MR) is 46.4 cm³/mol. The Hall–Kier alpha value is -0.590. The second-order valence-corrected chi connectivity index (χ2v) is 3.47. The molecule has 0 heterocycles. The summed E-state index contributed by atoms with van der Waals surface area (Å²) >= 11 is 0. The van der Waals surface area contributed by atoms with Crippen LogP contribution >= 0.6 is 0 Å². The molecule has 0 N–H and O–H groups in total. The van der Waals surface area contributed by atoms with Crippen molar-refractivity contribution in [1.29, 1.82) is 0 Å². The SMILES string of the molecule is CC(=O)C1=CC(C)CCCC1. The maximum absolute atomic E-state index is 11.0. The molecule has 0 radical (unpaired) electrons. The number of ketones is 1. The summed E-state index contributed by atoms with van der Waals surface area (Å²) in [4.78, 5) is 11.0. The van der Waals surface area contributed by atoms with E-state index in [-0.39, 0.29) is 5.78 Å².